The fraction of sp³-hybridized carbons (Fsp3) is 0.167. The van der Waals surface area contributed by atoms with Gasteiger partial charge in [0, 0.05) is 28.7 Å². The van der Waals surface area contributed by atoms with E-state index in [2.05, 4.69) is 23.0 Å². The molecule has 1 aliphatic heterocycles. The van der Waals surface area contributed by atoms with Crippen LogP contribution in [-0.2, 0) is 4.74 Å². The van der Waals surface area contributed by atoms with Gasteiger partial charge >= 0.3 is 0 Å². The maximum atomic E-state index is 5.73. The second kappa shape index (κ2) is 5.56. The zero-order valence-electron chi connectivity index (χ0n) is 13.0. The number of allylic oxidation sites excluding steroid dienone is 1. The number of benzene rings is 1. The summed E-state index contributed by atoms with van der Waals surface area (Å²) in [6.07, 6.45) is 3.96. The molecule has 1 aromatic heterocycles. The Kier molecular flexibility index (Phi) is 3.59. The molecular weight excluding hydrogens is 274 g/mol. The van der Waals surface area contributed by atoms with Crippen molar-refractivity contribution >= 4 is 17.5 Å². The quantitative estimate of drug-likeness (QED) is 0.849. The van der Waals surface area contributed by atoms with Gasteiger partial charge in [0.25, 0.3) is 0 Å². The summed E-state index contributed by atoms with van der Waals surface area (Å²) in [7, 11) is 1.66. The maximum Gasteiger partial charge on any atom is 0.146 e. The summed E-state index contributed by atoms with van der Waals surface area (Å²) in [5.41, 5.74) is 12.6. The molecule has 0 saturated carbocycles. The molecule has 0 spiro atoms. The molecule has 0 bridgehead atoms. The van der Waals surface area contributed by atoms with Crippen LogP contribution in [0.3, 0.4) is 0 Å². The molecule has 0 saturated heterocycles. The molecule has 0 amide bonds. The average Bonchev–Trinajstić information content (AvgIpc) is 3.03. The normalized spacial score (nSPS) is 15.9. The van der Waals surface area contributed by atoms with E-state index in [0.29, 0.717) is 0 Å². The molecule has 2 aromatic rings. The topological polar surface area (TPSA) is 63.4 Å². The van der Waals surface area contributed by atoms with E-state index in [0.717, 1.165) is 39.8 Å². The van der Waals surface area contributed by atoms with Gasteiger partial charge < -0.3 is 15.5 Å². The summed E-state index contributed by atoms with van der Waals surface area (Å²) in [5, 5.41) is 0. The molecule has 4 heteroatoms. The molecule has 3 N–H and O–H groups in total. The van der Waals surface area contributed by atoms with E-state index in [4.69, 9.17) is 10.5 Å². The van der Waals surface area contributed by atoms with Crippen molar-refractivity contribution in [3.63, 3.8) is 0 Å². The van der Waals surface area contributed by atoms with Crippen LogP contribution in [0, 0.1) is 13.8 Å². The highest BCUT2D eigenvalue weighted by Crippen LogP contribution is 2.26. The Bertz CT molecular complexity index is 792. The lowest BCUT2D eigenvalue weighted by molar-refractivity contribution is 0.303. The number of nitrogens with two attached hydrogens (primary N) is 1. The predicted molar refractivity (Wildman–Crippen MR) is 90.7 cm³/mol. The number of nitrogens with zero attached hydrogens (tertiary/aromatic N) is 1. The standard InChI is InChI=1S/C18H19N3O/c1-11-8-12(2)20-15(11)9-17-18(22-3)10-16(21-17)13-4-6-14(19)7-5-13/h4-10,20H,19H2,1-3H3/b17-9-. The monoisotopic (exact) mass is 293 g/mol. The summed E-state index contributed by atoms with van der Waals surface area (Å²) < 4.78 is 5.46. The molecule has 0 fully saturated rings. The molecular formula is C18H19N3O. The molecule has 0 unspecified atom stereocenters. The summed E-state index contributed by atoms with van der Waals surface area (Å²) in [6, 6.07) is 9.79. The highest BCUT2D eigenvalue weighted by Gasteiger charge is 2.17. The number of nitrogen functional groups attached to an aromatic ring is 1. The first-order valence-electron chi connectivity index (χ1n) is 7.15. The number of hydrogen-bond donors (Lipinski definition) is 2. The molecule has 1 aliphatic rings. The first-order chi connectivity index (χ1) is 10.6. The highest BCUT2D eigenvalue weighted by molar-refractivity contribution is 6.12. The van der Waals surface area contributed by atoms with Crippen LogP contribution >= 0.6 is 0 Å². The predicted octanol–water partition coefficient (Wildman–Crippen LogP) is 3.59. The van der Waals surface area contributed by atoms with Crippen LogP contribution in [0.1, 0.15) is 22.5 Å². The van der Waals surface area contributed by atoms with E-state index >= 15 is 0 Å². The molecule has 1 aromatic carbocycles. The molecule has 0 atom stereocenters. The molecule has 22 heavy (non-hydrogen) atoms. The number of ether oxygens (including phenoxy) is 1. The Morgan fingerprint density at radius 1 is 1.18 bits per heavy atom. The number of aromatic amines is 1. The summed E-state index contributed by atoms with van der Waals surface area (Å²) in [5.74, 6) is 0.762. The summed E-state index contributed by atoms with van der Waals surface area (Å²) in [6.45, 7) is 4.12. The first kappa shape index (κ1) is 14.2. The van der Waals surface area contributed by atoms with Crippen LogP contribution in [0.4, 0.5) is 5.69 Å². The van der Waals surface area contributed by atoms with Crippen molar-refractivity contribution < 1.29 is 4.74 Å². The number of aromatic nitrogens is 1. The lowest BCUT2D eigenvalue weighted by Crippen LogP contribution is -1.94. The highest BCUT2D eigenvalue weighted by atomic mass is 16.5. The van der Waals surface area contributed by atoms with Crippen molar-refractivity contribution in [1.82, 2.24) is 4.98 Å². The van der Waals surface area contributed by atoms with Crippen LogP contribution in [0.15, 0.2) is 52.9 Å². The first-order valence-corrected chi connectivity index (χ1v) is 7.15. The zero-order chi connectivity index (χ0) is 15.7. The minimum atomic E-state index is 0.742. The number of nitrogens with one attached hydrogen (secondary N) is 1. The molecule has 2 heterocycles. The van der Waals surface area contributed by atoms with Gasteiger partial charge in [-0.1, -0.05) is 12.1 Å². The summed E-state index contributed by atoms with van der Waals surface area (Å²) >= 11 is 0. The fourth-order valence-corrected chi connectivity index (χ4v) is 2.52. The van der Waals surface area contributed by atoms with Crippen LogP contribution in [0.5, 0.6) is 0 Å². The van der Waals surface area contributed by atoms with Gasteiger partial charge in [0.1, 0.15) is 11.5 Å². The van der Waals surface area contributed by atoms with Crippen molar-refractivity contribution in [3.05, 3.63) is 70.4 Å². The third-order valence-electron chi connectivity index (χ3n) is 3.66. The number of anilines is 1. The van der Waals surface area contributed by atoms with E-state index in [1.54, 1.807) is 7.11 Å². The van der Waals surface area contributed by atoms with Gasteiger partial charge in [0.15, 0.2) is 0 Å². The molecule has 4 nitrogen and oxygen atoms in total. The number of hydrogen-bond acceptors (Lipinski definition) is 3. The van der Waals surface area contributed by atoms with Gasteiger partial charge in [0.2, 0.25) is 0 Å². The lowest BCUT2D eigenvalue weighted by atomic mass is 10.1. The zero-order valence-corrected chi connectivity index (χ0v) is 13.0. The van der Waals surface area contributed by atoms with Crippen LogP contribution in [0.2, 0.25) is 0 Å². The van der Waals surface area contributed by atoms with E-state index in [-0.39, 0.29) is 0 Å². The largest absolute Gasteiger partial charge is 0.494 e. The van der Waals surface area contributed by atoms with Crippen molar-refractivity contribution in [2.45, 2.75) is 13.8 Å². The smallest absolute Gasteiger partial charge is 0.146 e. The van der Waals surface area contributed by atoms with Gasteiger partial charge in [-0.3, -0.25) is 0 Å². The van der Waals surface area contributed by atoms with Crippen LogP contribution in [-0.4, -0.2) is 17.8 Å². The minimum Gasteiger partial charge on any atom is -0.494 e. The lowest BCUT2D eigenvalue weighted by Gasteiger charge is -2.01. The molecule has 0 radical (unpaired) electrons. The second-order valence-electron chi connectivity index (χ2n) is 5.41. The Hall–Kier alpha value is -2.75. The van der Waals surface area contributed by atoms with Gasteiger partial charge in [-0.05, 0) is 43.7 Å². The van der Waals surface area contributed by atoms with Gasteiger partial charge in [0.05, 0.1) is 12.8 Å². The van der Waals surface area contributed by atoms with Gasteiger partial charge in [-0.2, -0.15) is 0 Å². The molecule has 112 valence electrons. The van der Waals surface area contributed by atoms with Gasteiger partial charge in [-0.25, -0.2) is 4.99 Å². The van der Waals surface area contributed by atoms with Crippen molar-refractivity contribution in [3.8, 4) is 0 Å². The van der Waals surface area contributed by atoms with Crippen molar-refractivity contribution in [2.75, 3.05) is 12.8 Å². The summed E-state index contributed by atoms with van der Waals surface area (Å²) in [4.78, 5) is 8.02. The van der Waals surface area contributed by atoms with Gasteiger partial charge in [-0.15, -0.1) is 0 Å². The molecule has 3 rings (SSSR count). The SMILES string of the molecule is COC1=CC(c2ccc(N)cc2)=N/C1=C\c1[nH]c(C)cc1C. The third kappa shape index (κ3) is 2.68. The number of aryl methyl sites for hydroxylation is 2. The number of rotatable bonds is 3. The Labute approximate surface area is 130 Å². The Morgan fingerprint density at radius 2 is 1.91 bits per heavy atom. The van der Waals surface area contributed by atoms with E-state index in [1.165, 1.54) is 5.56 Å². The van der Waals surface area contributed by atoms with Crippen LogP contribution < -0.4 is 5.73 Å². The number of aliphatic imine (C=N–C) groups is 1. The fourth-order valence-electron chi connectivity index (χ4n) is 2.52. The second-order valence-corrected chi connectivity index (χ2v) is 5.41. The van der Waals surface area contributed by atoms with Crippen molar-refractivity contribution in [1.29, 1.82) is 0 Å². The maximum absolute atomic E-state index is 5.73. The van der Waals surface area contributed by atoms with E-state index < -0.39 is 0 Å². The number of H-pyrrole nitrogens is 1. The van der Waals surface area contributed by atoms with Crippen molar-refractivity contribution in [2.24, 2.45) is 4.99 Å². The van der Waals surface area contributed by atoms with E-state index in [9.17, 15) is 0 Å². The minimum absolute atomic E-state index is 0.742. The van der Waals surface area contributed by atoms with E-state index in [1.807, 2.05) is 43.3 Å². The third-order valence-corrected chi connectivity index (χ3v) is 3.66. The Balaban J connectivity index is 2.00. The number of methoxy groups -OCH3 is 1. The Morgan fingerprint density at radius 3 is 2.50 bits per heavy atom. The average molecular weight is 293 g/mol. The van der Waals surface area contributed by atoms with Crippen LogP contribution in [0.25, 0.3) is 6.08 Å². The molecule has 0 aliphatic carbocycles.